The Morgan fingerprint density at radius 3 is 2.21 bits per heavy atom. The molecule has 0 aliphatic carbocycles. The lowest BCUT2D eigenvalue weighted by Crippen LogP contribution is -2.25. The molecule has 19 heavy (non-hydrogen) atoms. The maximum atomic E-state index is 5.40. The Morgan fingerprint density at radius 1 is 1.16 bits per heavy atom. The van der Waals surface area contributed by atoms with Gasteiger partial charge in [-0.1, -0.05) is 27.7 Å². The van der Waals surface area contributed by atoms with Crippen LogP contribution in [0.1, 0.15) is 27.7 Å². The molecular weight excluding hydrogens is 242 g/mol. The molecule has 0 saturated heterocycles. The summed E-state index contributed by atoms with van der Waals surface area (Å²) in [6.07, 6.45) is 1.46. The van der Waals surface area contributed by atoms with E-state index in [0.717, 1.165) is 6.54 Å². The number of rotatable bonds is 7. The van der Waals surface area contributed by atoms with E-state index in [0.29, 0.717) is 35.1 Å². The second-order valence-electron chi connectivity index (χ2n) is 5.28. The third-order valence-corrected chi connectivity index (χ3v) is 3.36. The lowest BCUT2D eigenvalue weighted by Gasteiger charge is -2.25. The number of anilines is 2. The van der Waals surface area contributed by atoms with Crippen molar-refractivity contribution in [3.63, 3.8) is 0 Å². The number of aromatic nitrogens is 2. The SMILES string of the molecule is COc1c(NN)ncnc1NCC(C(C)C)C(C)C. The zero-order valence-corrected chi connectivity index (χ0v) is 12.4. The predicted octanol–water partition coefficient (Wildman–Crippen LogP) is 2.11. The second kappa shape index (κ2) is 7.13. The number of nitrogens with one attached hydrogen (secondary N) is 2. The highest BCUT2D eigenvalue weighted by Gasteiger charge is 2.19. The van der Waals surface area contributed by atoms with Crippen molar-refractivity contribution in [2.45, 2.75) is 27.7 Å². The molecule has 0 saturated carbocycles. The minimum atomic E-state index is 0.477. The Bertz CT molecular complexity index is 387. The molecule has 0 bridgehead atoms. The van der Waals surface area contributed by atoms with E-state index in [-0.39, 0.29) is 0 Å². The average Bonchev–Trinajstić information content (AvgIpc) is 2.37. The van der Waals surface area contributed by atoms with Gasteiger partial charge in [-0.3, -0.25) is 0 Å². The largest absolute Gasteiger partial charge is 0.490 e. The molecule has 1 aromatic heterocycles. The van der Waals surface area contributed by atoms with Crippen molar-refractivity contribution < 1.29 is 4.74 Å². The van der Waals surface area contributed by atoms with Crippen molar-refractivity contribution in [1.29, 1.82) is 0 Å². The molecule has 0 aliphatic rings. The zero-order valence-electron chi connectivity index (χ0n) is 12.4. The number of hydrogen-bond donors (Lipinski definition) is 3. The lowest BCUT2D eigenvalue weighted by atomic mass is 9.85. The second-order valence-corrected chi connectivity index (χ2v) is 5.28. The van der Waals surface area contributed by atoms with Gasteiger partial charge in [-0.15, -0.1) is 0 Å². The Kier molecular flexibility index (Phi) is 5.82. The Balaban J connectivity index is 2.82. The molecule has 108 valence electrons. The molecule has 0 amide bonds. The normalized spacial score (nSPS) is 11.2. The minimum Gasteiger partial charge on any atom is -0.490 e. The van der Waals surface area contributed by atoms with Gasteiger partial charge in [0.05, 0.1) is 7.11 Å². The number of nitrogen functional groups attached to an aromatic ring is 1. The minimum absolute atomic E-state index is 0.477. The van der Waals surface area contributed by atoms with E-state index < -0.39 is 0 Å². The number of hydrazine groups is 1. The van der Waals surface area contributed by atoms with Crippen LogP contribution in [0.3, 0.4) is 0 Å². The summed E-state index contributed by atoms with van der Waals surface area (Å²) >= 11 is 0. The summed E-state index contributed by atoms with van der Waals surface area (Å²) in [5.74, 6) is 8.85. The van der Waals surface area contributed by atoms with Gasteiger partial charge in [0.15, 0.2) is 11.6 Å². The van der Waals surface area contributed by atoms with Crippen molar-refractivity contribution in [2.75, 3.05) is 24.4 Å². The van der Waals surface area contributed by atoms with E-state index in [1.54, 1.807) is 7.11 Å². The van der Waals surface area contributed by atoms with Crippen LogP contribution in [-0.4, -0.2) is 23.6 Å². The van der Waals surface area contributed by atoms with Crippen LogP contribution in [0.25, 0.3) is 0 Å². The van der Waals surface area contributed by atoms with E-state index in [1.807, 2.05) is 0 Å². The monoisotopic (exact) mass is 267 g/mol. The molecule has 0 aromatic carbocycles. The Morgan fingerprint density at radius 2 is 1.74 bits per heavy atom. The highest BCUT2D eigenvalue weighted by Crippen LogP contribution is 2.29. The van der Waals surface area contributed by atoms with Crippen molar-refractivity contribution >= 4 is 11.6 Å². The number of nitrogens with two attached hydrogens (primary N) is 1. The summed E-state index contributed by atoms with van der Waals surface area (Å²) in [6, 6.07) is 0. The average molecular weight is 267 g/mol. The first-order valence-corrected chi connectivity index (χ1v) is 6.60. The van der Waals surface area contributed by atoms with E-state index in [4.69, 9.17) is 10.6 Å². The molecule has 0 aliphatic heterocycles. The number of hydrogen-bond acceptors (Lipinski definition) is 6. The number of methoxy groups -OCH3 is 1. The van der Waals surface area contributed by atoms with Crippen molar-refractivity contribution in [1.82, 2.24) is 9.97 Å². The van der Waals surface area contributed by atoms with E-state index >= 15 is 0 Å². The molecular formula is C13H25N5O. The maximum absolute atomic E-state index is 5.40. The van der Waals surface area contributed by atoms with Crippen LogP contribution >= 0.6 is 0 Å². The van der Waals surface area contributed by atoms with Gasteiger partial charge >= 0.3 is 0 Å². The topological polar surface area (TPSA) is 85.1 Å². The predicted molar refractivity (Wildman–Crippen MR) is 78.0 cm³/mol. The third kappa shape index (κ3) is 3.96. The van der Waals surface area contributed by atoms with Gasteiger partial charge in [-0.25, -0.2) is 15.8 Å². The van der Waals surface area contributed by atoms with Crippen LogP contribution in [0.2, 0.25) is 0 Å². The summed E-state index contributed by atoms with van der Waals surface area (Å²) in [7, 11) is 1.58. The van der Waals surface area contributed by atoms with Crippen LogP contribution < -0.4 is 21.3 Å². The Hall–Kier alpha value is -1.56. The van der Waals surface area contributed by atoms with Crippen molar-refractivity contribution in [3.8, 4) is 5.75 Å². The van der Waals surface area contributed by atoms with Gasteiger partial charge in [-0.2, -0.15) is 0 Å². The van der Waals surface area contributed by atoms with E-state index in [1.165, 1.54) is 6.33 Å². The molecule has 0 spiro atoms. The third-order valence-electron chi connectivity index (χ3n) is 3.36. The molecule has 4 N–H and O–H groups in total. The summed E-state index contributed by atoms with van der Waals surface area (Å²) in [6.45, 7) is 9.77. The summed E-state index contributed by atoms with van der Waals surface area (Å²) < 4.78 is 5.29. The number of nitrogens with zero attached hydrogens (tertiary/aromatic N) is 2. The summed E-state index contributed by atoms with van der Waals surface area (Å²) in [5.41, 5.74) is 2.50. The van der Waals surface area contributed by atoms with Crippen LogP contribution in [0.4, 0.5) is 11.6 Å². The van der Waals surface area contributed by atoms with Crippen LogP contribution in [-0.2, 0) is 0 Å². The zero-order chi connectivity index (χ0) is 14.4. The van der Waals surface area contributed by atoms with Gasteiger partial charge in [-0.05, 0) is 17.8 Å². The maximum Gasteiger partial charge on any atom is 0.205 e. The highest BCUT2D eigenvalue weighted by molar-refractivity contribution is 5.62. The summed E-state index contributed by atoms with van der Waals surface area (Å²) in [4.78, 5) is 8.22. The van der Waals surface area contributed by atoms with Gasteiger partial charge in [0.2, 0.25) is 5.75 Å². The lowest BCUT2D eigenvalue weighted by molar-refractivity contribution is 0.303. The first-order chi connectivity index (χ1) is 9.01. The van der Waals surface area contributed by atoms with Gasteiger partial charge in [0.1, 0.15) is 6.33 Å². The van der Waals surface area contributed by atoms with E-state index in [9.17, 15) is 0 Å². The van der Waals surface area contributed by atoms with Gasteiger partial charge in [0.25, 0.3) is 0 Å². The molecule has 1 heterocycles. The molecule has 6 heteroatoms. The first kappa shape index (κ1) is 15.5. The molecule has 0 atom stereocenters. The van der Waals surface area contributed by atoms with Crippen molar-refractivity contribution in [2.24, 2.45) is 23.6 Å². The van der Waals surface area contributed by atoms with E-state index in [2.05, 4.69) is 48.4 Å². The highest BCUT2D eigenvalue weighted by atomic mass is 16.5. The molecule has 0 radical (unpaired) electrons. The number of ether oxygens (including phenoxy) is 1. The van der Waals surface area contributed by atoms with Crippen LogP contribution in [0.15, 0.2) is 6.33 Å². The first-order valence-electron chi connectivity index (χ1n) is 6.60. The van der Waals surface area contributed by atoms with Crippen molar-refractivity contribution in [3.05, 3.63) is 6.33 Å². The van der Waals surface area contributed by atoms with Gasteiger partial charge < -0.3 is 15.5 Å². The quantitative estimate of drug-likeness (QED) is 0.518. The Labute approximate surface area is 115 Å². The van der Waals surface area contributed by atoms with Crippen LogP contribution in [0.5, 0.6) is 5.75 Å². The smallest absolute Gasteiger partial charge is 0.205 e. The fourth-order valence-corrected chi connectivity index (χ4v) is 2.25. The molecule has 0 fully saturated rings. The molecule has 6 nitrogen and oxygen atoms in total. The van der Waals surface area contributed by atoms with Gasteiger partial charge in [0, 0.05) is 6.54 Å². The standard InChI is InChI=1S/C13H25N5O/c1-8(2)10(9(3)4)6-15-12-11(19-5)13(18-14)17-7-16-12/h7-10H,6,14H2,1-5H3,(H2,15,16,17,18). The molecule has 1 aromatic rings. The summed E-state index contributed by atoms with van der Waals surface area (Å²) in [5, 5.41) is 3.33. The molecule has 1 rings (SSSR count). The fourth-order valence-electron chi connectivity index (χ4n) is 2.25. The van der Waals surface area contributed by atoms with Crippen LogP contribution in [0, 0.1) is 17.8 Å². The fraction of sp³-hybridized carbons (Fsp3) is 0.692. The molecule has 0 unspecified atom stereocenters.